The second-order valence-corrected chi connectivity index (χ2v) is 8.39. The lowest BCUT2D eigenvalue weighted by Crippen LogP contribution is -2.43. The summed E-state index contributed by atoms with van der Waals surface area (Å²) >= 11 is 6.29. The van der Waals surface area contributed by atoms with Gasteiger partial charge in [0, 0.05) is 28.2 Å². The Labute approximate surface area is 197 Å². The van der Waals surface area contributed by atoms with Gasteiger partial charge in [0.25, 0.3) is 0 Å². The summed E-state index contributed by atoms with van der Waals surface area (Å²) < 4.78 is 10.7. The number of urea groups is 1. The molecular weight excluding hydrogens is 438 g/mol. The van der Waals surface area contributed by atoms with Gasteiger partial charge >= 0.3 is 6.03 Å². The van der Waals surface area contributed by atoms with Crippen LogP contribution in [0.3, 0.4) is 0 Å². The molecule has 3 aromatic carbocycles. The predicted molar refractivity (Wildman–Crippen MR) is 131 cm³/mol. The van der Waals surface area contributed by atoms with Crippen LogP contribution in [0.2, 0.25) is 5.02 Å². The number of carbonyl (C=O) groups excluding carboxylic acids is 1. The first kappa shape index (κ1) is 21.2. The second kappa shape index (κ2) is 8.71. The fraction of sp³-hybridized carbons (Fsp3) is 0.192. The van der Waals surface area contributed by atoms with Crippen molar-refractivity contribution in [2.24, 2.45) is 0 Å². The third kappa shape index (κ3) is 3.87. The number of anilines is 1. The maximum absolute atomic E-state index is 13.5. The summed E-state index contributed by atoms with van der Waals surface area (Å²) in [7, 11) is 3.23. The Morgan fingerprint density at radius 2 is 1.85 bits per heavy atom. The monoisotopic (exact) mass is 461 g/mol. The zero-order valence-electron chi connectivity index (χ0n) is 18.4. The number of nitrogens with one attached hydrogen (secondary N) is 2. The van der Waals surface area contributed by atoms with Crippen LogP contribution < -0.4 is 14.8 Å². The van der Waals surface area contributed by atoms with Crippen LogP contribution in [0.4, 0.5) is 10.5 Å². The highest BCUT2D eigenvalue weighted by molar-refractivity contribution is 6.31. The summed E-state index contributed by atoms with van der Waals surface area (Å²) in [5.41, 5.74) is 4.82. The van der Waals surface area contributed by atoms with Gasteiger partial charge in [-0.1, -0.05) is 35.9 Å². The Hall–Kier alpha value is -3.64. The predicted octanol–water partition coefficient (Wildman–Crippen LogP) is 6.02. The molecule has 0 saturated carbocycles. The summed E-state index contributed by atoms with van der Waals surface area (Å²) in [6.45, 7) is 0.560. The van der Waals surface area contributed by atoms with Crippen LogP contribution in [0.15, 0.2) is 66.7 Å². The van der Waals surface area contributed by atoms with Crippen molar-refractivity contribution in [2.75, 3.05) is 26.1 Å². The molecule has 0 unspecified atom stereocenters. The topological polar surface area (TPSA) is 66.6 Å². The molecule has 1 aromatic heterocycles. The zero-order chi connectivity index (χ0) is 22.9. The number of nitrogens with zero attached hydrogens (tertiary/aromatic N) is 1. The number of para-hydroxylation sites is 2. The molecule has 5 rings (SSSR count). The van der Waals surface area contributed by atoms with E-state index in [4.69, 9.17) is 21.1 Å². The fourth-order valence-corrected chi connectivity index (χ4v) is 4.72. The lowest BCUT2D eigenvalue weighted by Gasteiger charge is -2.36. The van der Waals surface area contributed by atoms with E-state index in [0.717, 1.165) is 34.3 Å². The molecule has 6 nitrogen and oxygen atoms in total. The summed E-state index contributed by atoms with van der Waals surface area (Å²) in [6, 6.07) is 20.6. The minimum absolute atomic E-state index is 0.192. The van der Waals surface area contributed by atoms with E-state index in [1.54, 1.807) is 14.2 Å². The quantitative estimate of drug-likeness (QED) is 0.390. The zero-order valence-corrected chi connectivity index (χ0v) is 19.1. The number of aromatic amines is 1. The van der Waals surface area contributed by atoms with Crippen molar-refractivity contribution in [3.05, 3.63) is 88.6 Å². The Bertz CT molecular complexity index is 1320. The average Bonchev–Trinajstić information content (AvgIpc) is 3.21. The fourth-order valence-electron chi connectivity index (χ4n) is 4.55. The highest BCUT2D eigenvalue weighted by atomic mass is 35.5. The van der Waals surface area contributed by atoms with Gasteiger partial charge in [0.05, 0.1) is 25.9 Å². The summed E-state index contributed by atoms with van der Waals surface area (Å²) in [4.78, 5) is 18.9. The molecule has 2 amide bonds. The Morgan fingerprint density at radius 3 is 2.61 bits per heavy atom. The lowest BCUT2D eigenvalue weighted by molar-refractivity contribution is 0.193. The van der Waals surface area contributed by atoms with E-state index in [-0.39, 0.29) is 12.1 Å². The molecule has 168 valence electrons. The molecule has 0 spiro atoms. The number of H-pyrrole nitrogens is 1. The Kier molecular flexibility index (Phi) is 5.60. The number of methoxy groups -OCH3 is 2. The molecule has 0 radical (unpaired) electrons. The summed E-state index contributed by atoms with van der Waals surface area (Å²) in [6.07, 6.45) is 0.724. The standard InChI is InChI=1S/C26H24ClN3O3/c1-32-18-10-7-16(8-11-18)25-24-19(20-15-17(27)9-12-21(20)28-24)13-14-30(25)26(31)29-22-5-3-4-6-23(22)33-2/h3-12,15,25,28H,13-14H2,1-2H3,(H,29,31)/t25-/m1/s1. The minimum atomic E-state index is -0.291. The van der Waals surface area contributed by atoms with Gasteiger partial charge in [0.15, 0.2) is 0 Å². The number of hydrogen-bond donors (Lipinski definition) is 2. The molecule has 1 aliphatic heterocycles. The Balaban J connectivity index is 1.58. The number of amides is 2. The molecule has 1 aliphatic rings. The first-order valence-corrected chi connectivity index (χ1v) is 11.1. The van der Waals surface area contributed by atoms with Crippen molar-refractivity contribution >= 4 is 34.2 Å². The van der Waals surface area contributed by atoms with Crippen molar-refractivity contribution in [3.63, 3.8) is 0 Å². The highest BCUT2D eigenvalue weighted by Crippen LogP contribution is 2.40. The van der Waals surface area contributed by atoms with Crippen LogP contribution in [0, 0.1) is 0 Å². The first-order valence-electron chi connectivity index (χ1n) is 10.7. The molecule has 1 atom stereocenters. The number of halogens is 1. The number of fused-ring (bicyclic) bond motifs is 3. The van der Waals surface area contributed by atoms with Crippen molar-refractivity contribution in [1.82, 2.24) is 9.88 Å². The smallest absolute Gasteiger partial charge is 0.322 e. The van der Waals surface area contributed by atoms with E-state index in [2.05, 4.69) is 10.3 Å². The van der Waals surface area contributed by atoms with Gasteiger partial charge in [-0.05, 0) is 60.0 Å². The van der Waals surface area contributed by atoms with Crippen LogP contribution in [0.25, 0.3) is 10.9 Å². The van der Waals surface area contributed by atoms with Crippen LogP contribution in [-0.4, -0.2) is 36.7 Å². The second-order valence-electron chi connectivity index (χ2n) is 7.96. The first-order chi connectivity index (χ1) is 16.1. The van der Waals surface area contributed by atoms with Gasteiger partial charge in [0.1, 0.15) is 11.5 Å². The summed E-state index contributed by atoms with van der Waals surface area (Å²) in [5.74, 6) is 1.38. The Morgan fingerprint density at radius 1 is 1.06 bits per heavy atom. The van der Waals surface area contributed by atoms with E-state index in [1.165, 1.54) is 5.56 Å². The molecule has 0 bridgehead atoms. The maximum atomic E-state index is 13.5. The van der Waals surface area contributed by atoms with Crippen LogP contribution >= 0.6 is 11.6 Å². The van der Waals surface area contributed by atoms with Gasteiger partial charge in [-0.15, -0.1) is 0 Å². The molecule has 4 aromatic rings. The molecule has 33 heavy (non-hydrogen) atoms. The van der Waals surface area contributed by atoms with Crippen LogP contribution in [0.1, 0.15) is 22.9 Å². The molecule has 0 saturated heterocycles. The molecule has 0 fully saturated rings. The highest BCUT2D eigenvalue weighted by Gasteiger charge is 2.35. The van der Waals surface area contributed by atoms with E-state index in [1.807, 2.05) is 71.6 Å². The van der Waals surface area contributed by atoms with E-state index >= 15 is 0 Å². The van der Waals surface area contributed by atoms with Crippen molar-refractivity contribution in [2.45, 2.75) is 12.5 Å². The number of hydrogen-bond acceptors (Lipinski definition) is 3. The number of rotatable bonds is 4. The van der Waals surface area contributed by atoms with Crippen LogP contribution in [-0.2, 0) is 6.42 Å². The normalized spacial score (nSPS) is 15.2. The summed E-state index contributed by atoms with van der Waals surface area (Å²) in [5, 5.41) is 4.82. The molecule has 0 aliphatic carbocycles. The molecular formula is C26H24ClN3O3. The van der Waals surface area contributed by atoms with E-state index < -0.39 is 0 Å². The third-order valence-corrected chi connectivity index (χ3v) is 6.37. The van der Waals surface area contributed by atoms with E-state index in [0.29, 0.717) is 23.0 Å². The average molecular weight is 462 g/mol. The van der Waals surface area contributed by atoms with Crippen molar-refractivity contribution < 1.29 is 14.3 Å². The molecule has 2 N–H and O–H groups in total. The third-order valence-electron chi connectivity index (χ3n) is 6.13. The maximum Gasteiger partial charge on any atom is 0.322 e. The van der Waals surface area contributed by atoms with E-state index in [9.17, 15) is 4.79 Å². The van der Waals surface area contributed by atoms with Crippen molar-refractivity contribution in [1.29, 1.82) is 0 Å². The van der Waals surface area contributed by atoms with Gasteiger partial charge in [0.2, 0.25) is 0 Å². The van der Waals surface area contributed by atoms with Crippen molar-refractivity contribution in [3.8, 4) is 11.5 Å². The minimum Gasteiger partial charge on any atom is -0.497 e. The van der Waals surface area contributed by atoms with Gasteiger partial charge in [-0.25, -0.2) is 4.79 Å². The van der Waals surface area contributed by atoms with Crippen LogP contribution in [0.5, 0.6) is 11.5 Å². The van der Waals surface area contributed by atoms with Gasteiger partial charge in [-0.3, -0.25) is 0 Å². The largest absolute Gasteiger partial charge is 0.497 e. The number of benzene rings is 3. The number of ether oxygens (including phenoxy) is 2. The number of aromatic nitrogens is 1. The number of carbonyl (C=O) groups is 1. The molecule has 7 heteroatoms. The molecule has 2 heterocycles. The van der Waals surface area contributed by atoms with Gasteiger partial charge in [-0.2, -0.15) is 0 Å². The lowest BCUT2D eigenvalue weighted by atomic mass is 9.92. The van der Waals surface area contributed by atoms with Gasteiger partial charge < -0.3 is 24.7 Å². The SMILES string of the molecule is COc1ccc([C@@H]2c3[nH]c4ccc(Cl)cc4c3CCN2C(=O)Nc2ccccc2OC)cc1.